The fraction of sp³-hybridized carbons (Fsp3) is 0. The summed E-state index contributed by atoms with van der Waals surface area (Å²) >= 11 is 18.0. The fourth-order valence-corrected chi connectivity index (χ4v) is 3.44. The molecule has 0 fully saturated rings. The zero-order valence-corrected chi connectivity index (χ0v) is 16.6. The van der Waals surface area contributed by atoms with Gasteiger partial charge in [0, 0.05) is 11.1 Å². The third kappa shape index (κ3) is 3.32. The second kappa shape index (κ2) is 7.18. The van der Waals surface area contributed by atoms with Crippen molar-refractivity contribution < 1.29 is 5.11 Å². The van der Waals surface area contributed by atoms with E-state index >= 15 is 0 Å². The molecule has 0 aliphatic heterocycles. The van der Waals surface area contributed by atoms with Crippen LogP contribution in [0.4, 0.5) is 0 Å². The minimum atomic E-state index is 0.0982. The van der Waals surface area contributed by atoms with Gasteiger partial charge in [0.25, 0.3) is 0 Å². The number of nitrogens with zero attached hydrogens (tertiary/aromatic N) is 3. The molecule has 3 rings (SSSR count). The molecule has 2 aromatic carbocycles. The van der Waals surface area contributed by atoms with Crippen LogP contribution in [0, 0.1) is 4.77 Å². The smallest absolute Gasteiger partial charge is 0.216 e. The maximum atomic E-state index is 9.95. The van der Waals surface area contributed by atoms with Crippen molar-refractivity contribution in [2.24, 2.45) is 5.10 Å². The van der Waals surface area contributed by atoms with E-state index in [2.05, 4.69) is 47.2 Å². The number of halogens is 3. The third-order valence-corrected chi connectivity index (χ3v) is 5.24. The summed E-state index contributed by atoms with van der Waals surface area (Å²) in [6, 6.07) is 10.8. The Morgan fingerprint density at radius 1 is 1.25 bits per heavy atom. The van der Waals surface area contributed by atoms with Gasteiger partial charge in [0.2, 0.25) is 4.77 Å². The van der Waals surface area contributed by atoms with E-state index < -0.39 is 0 Å². The van der Waals surface area contributed by atoms with Crippen molar-refractivity contribution >= 4 is 61.9 Å². The molecule has 2 N–H and O–H groups in total. The molecular formula is C15H9Br2ClN4OS. The Labute approximate surface area is 164 Å². The molecule has 9 heteroatoms. The molecule has 0 saturated carbocycles. The summed E-state index contributed by atoms with van der Waals surface area (Å²) in [5.41, 5.74) is 1.39. The first-order valence-corrected chi connectivity index (χ1v) is 9.00. The van der Waals surface area contributed by atoms with E-state index in [1.807, 2.05) is 18.2 Å². The van der Waals surface area contributed by atoms with Gasteiger partial charge in [-0.3, -0.25) is 0 Å². The lowest BCUT2D eigenvalue weighted by molar-refractivity contribution is 0.468. The molecule has 0 bridgehead atoms. The van der Waals surface area contributed by atoms with E-state index in [9.17, 15) is 5.11 Å². The number of nitrogens with one attached hydrogen (secondary N) is 1. The Bertz CT molecular complexity index is 999. The van der Waals surface area contributed by atoms with E-state index in [1.54, 1.807) is 24.4 Å². The van der Waals surface area contributed by atoms with Crippen LogP contribution < -0.4 is 0 Å². The highest BCUT2D eigenvalue weighted by Crippen LogP contribution is 2.34. The Morgan fingerprint density at radius 3 is 2.75 bits per heavy atom. The van der Waals surface area contributed by atoms with Gasteiger partial charge in [0.05, 0.1) is 20.2 Å². The highest BCUT2D eigenvalue weighted by Gasteiger charge is 2.12. The summed E-state index contributed by atoms with van der Waals surface area (Å²) in [7, 11) is 0. The van der Waals surface area contributed by atoms with Gasteiger partial charge in [0.1, 0.15) is 5.75 Å². The number of phenols is 1. The van der Waals surface area contributed by atoms with Crippen molar-refractivity contribution in [2.75, 3.05) is 0 Å². The number of hydrogen-bond donors (Lipinski definition) is 2. The number of aromatic amines is 1. The zero-order valence-electron chi connectivity index (χ0n) is 11.9. The molecule has 0 saturated heterocycles. The molecular weight excluding hydrogens is 480 g/mol. The van der Waals surface area contributed by atoms with E-state index in [0.717, 1.165) is 0 Å². The van der Waals surface area contributed by atoms with Gasteiger partial charge in [-0.05, 0) is 62.3 Å². The molecule has 0 unspecified atom stereocenters. The molecule has 0 radical (unpaired) electrons. The van der Waals surface area contributed by atoms with Crippen molar-refractivity contribution in [2.45, 2.75) is 0 Å². The number of benzene rings is 2. The zero-order chi connectivity index (χ0) is 17.3. The van der Waals surface area contributed by atoms with Crippen molar-refractivity contribution in [3.63, 3.8) is 0 Å². The second-order valence-corrected chi connectivity index (χ2v) is 7.13. The standard InChI is InChI=1S/C15H9Br2ClN4OS/c16-10-6-5-8(12(17)13(10)23)7-19-22-14(20-21-15(22)24)9-3-1-2-4-11(9)18/h1-7,23H,(H,21,24)/b19-7+. The molecule has 0 atom stereocenters. The number of aromatic hydroxyl groups is 1. The predicted molar refractivity (Wildman–Crippen MR) is 104 cm³/mol. The number of hydrogen-bond acceptors (Lipinski definition) is 4. The van der Waals surface area contributed by atoms with E-state index in [-0.39, 0.29) is 5.75 Å². The quantitative estimate of drug-likeness (QED) is 0.385. The Morgan fingerprint density at radius 2 is 2.00 bits per heavy atom. The van der Waals surface area contributed by atoms with E-state index in [1.165, 1.54) is 4.68 Å². The lowest BCUT2D eigenvalue weighted by Gasteiger charge is -2.05. The van der Waals surface area contributed by atoms with Gasteiger partial charge < -0.3 is 5.11 Å². The summed E-state index contributed by atoms with van der Waals surface area (Å²) in [6.07, 6.45) is 1.57. The maximum absolute atomic E-state index is 9.95. The normalized spacial score (nSPS) is 11.3. The van der Waals surface area contributed by atoms with Gasteiger partial charge in [-0.2, -0.15) is 14.9 Å². The highest BCUT2D eigenvalue weighted by atomic mass is 79.9. The van der Waals surface area contributed by atoms with Gasteiger partial charge in [-0.15, -0.1) is 0 Å². The molecule has 0 aliphatic rings. The van der Waals surface area contributed by atoms with Crippen LogP contribution in [0.3, 0.4) is 0 Å². The van der Waals surface area contributed by atoms with Crippen molar-refractivity contribution in [3.05, 3.63) is 60.7 Å². The number of aromatic nitrogens is 3. The molecule has 5 nitrogen and oxygen atoms in total. The predicted octanol–water partition coefficient (Wildman–Crippen LogP) is 5.37. The van der Waals surface area contributed by atoms with Crippen LogP contribution in [-0.2, 0) is 0 Å². The SMILES string of the molecule is Oc1c(Br)ccc(/C=N/n2c(-c3ccccc3Cl)n[nH]c2=S)c1Br. The lowest BCUT2D eigenvalue weighted by Crippen LogP contribution is -1.96. The Kier molecular flexibility index (Phi) is 5.19. The molecule has 3 aromatic rings. The van der Waals surface area contributed by atoms with Crippen molar-refractivity contribution in [3.8, 4) is 17.1 Å². The first kappa shape index (κ1) is 17.3. The average molecular weight is 489 g/mol. The molecule has 24 heavy (non-hydrogen) atoms. The molecule has 1 aromatic heterocycles. The van der Waals surface area contributed by atoms with Crippen LogP contribution in [0.1, 0.15) is 5.56 Å². The minimum absolute atomic E-state index is 0.0982. The van der Waals surface area contributed by atoms with E-state index in [0.29, 0.717) is 35.7 Å². The van der Waals surface area contributed by atoms with Crippen LogP contribution in [-0.4, -0.2) is 26.2 Å². The van der Waals surface area contributed by atoms with Crippen LogP contribution >= 0.6 is 55.7 Å². The third-order valence-electron chi connectivity index (χ3n) is 3.17. The van der Waals surface area contributed by atoms with Crippen LogP contribution in [0.25, 0.3) is 11.4 Å². The minimum Gasteiger partial charge on any atom is -0.506 e. The van der Waals surface area contributed by atoms with Gasteiger partial charge in [0.15, 0.2) is 5.82 Å². The lowest BCUT2D eigenvalue weighted by atomic mass is 10.2. The first-order valence-electron chi connectivity index (χ1n) is 6.62. The number of rotatable bonds is 3. The molecule has 0 amide bonds. The van der Waals surface area contributed by atoms with Crippen molar-refractivity contribution in [1.29, 1.82) is 0 Å². The maximum Gasteiger partial charge on any atom is 0.216 e. The topological polar surface area (TPSA) is 66.2 Å². The Hall–Kier alpha value is -1.48. The number of phenolic OH excluding ortho intramolecular Hbond substituents is 1. The van der Waals surface area contributed by atoms with Crippen molar-refractivity contribution in [1.82, 2.24) is 14.9 Å². The summed E-state index contributed by atoms with van der Waals surface area (Å²) in [6.45, 7) is 0. The molecule has 1 heterocycles. The molecule has 122 valence electrons. The summed E-state index contributed by atoms with van der Waals surface area (Å²) in [5.74, 6) is 0.598. The fourth-order valence-electron chi connectivity index (χ4n) is 1.99. The Balaban J connectivity index is 2.06. The summed E-state index contributed by atoms with van der Waals surface area (Å²) in [4.78, 5) is 0. The monoisotopic (exact) mass is 486 g/mol. The average Bonchev–Trinajstić information content (AvgIpc) is 2.93. The summed E-state index contributed by atoms with van der Waals surface area (Å²) < 4.78 is 2.92. The second-order valence-electron chi connectivity index (χ2n) is 4.69. The summed E-state index contributed by atoms with van der Waals surface area (Å²) in [5, 5.41) is 21.8. The molecule has 0 spiro atoms. The van der Waals surface area contributed by atoms with Crippen LogP contribution in [0.5, 0.6) is 5.75 Å². The highest BCUT2D eigenvalue weighted by molar-refractivity contribution is 9.11. The van der Waals surface area contributed by atoms with Crippen LogP contribution in [0.15, 0.2) is 50.4 Å². The number of H-pyrrole nitrogens is 1. The molecule has 0 aliphatic carbocycles. The van der Waals surface area contributed by atoms with Gasteiger partial charge in [-0.1, -0.05) is 29.8 Å². The first-order chi connectivity index (χ1) is 11.5. The largest absolute Gasteiger partial charge is 0.506 e. The van der Waals surface area contributed by atoms with E-state index in [4.69, 9.17) is 23.8 Å². The van der Waals surface area contributed by atoms with Crippen LogP contribution in [0.2, 0.25) is 5.02 Å². The van der Waals surface area contributed by atoms with Gasteiger partial charge in [-0.25, -0.2) is 5.10 Å². The van der Waals surface area contributed by atoms with Gasteiger partial charge >= 0.3 is 0 Å².